The summed E-state index contributed by atoms with van der Waals surface area (Å²) in [6.45, 7) is 1.31. The summed E-state index contributed by atoms with van der Waals surface area (Å²) in [5, 5.41) is 5.78. The molecule has 0 aromatic heterocycles. The van der Waals surface area contributed by atoms with Crippen LogP contribution in [0.3, 0.4) is 0 Å². The van der Waals surface area contributed by atoms with Gasteiger partial charge in [0.25, 0.3) is 0 Å². The molecule has 2 aromatic carbocycles. The van der Waals surface area contributed by atoms with Crippen LogP contribution in [-0.2, 0) is 17.8 Å². The summed E-state index contributed by atoms with van der Waals surface area (Å²) in [6.07, 6.45) is 1.01. The van der Waals surface area contributed by atoms with Gasteiger partial charge in [-0.3, -0.25) is 4.79 Å². The van der Waals surface area contributed by atoms with Crippen LogP contribution in [0.15, 0.2) is 30.3 Å². The second-order valence-electron chi connectivity index (χ2n) is 6.57. The summed E-state index contributed by atoms with van der Waals surface area (Å²) in [7, 11) is 0. The average molecular weight is 383 g/mol. The lowest BCUT2D eigenvalue weighted by molar-refractivity contribution is -0.117. The Morgan fingerprint density at radius 1 is 1.12 bits per heavy atom. The van der Waals surface area contributed by atoms with E-state index in [1.54, 1.807) is 12.1 Å². The van der Waals surface area contributed by atoms with Crippen molar-refractivity contribution in [2.45, 2.75) is 25.3 Å². The smallest absolute Gasteiger partial charge is 0.228 e. The third-order valence-electron chi connectivity index (χ3n) is 4.97. The first-order valence-corrected chi connectivity index (χ1v) is 8.32. The predicted molar refractivity (Wildman–Crippen MR) is 94.9 cm³/mol. The number of halogens is 4. The highest BCUT2D eigenvalue weighted by Gasteiger charge is 2.45. The van der Waals surface area contributed by atoms with Crippen molar-refractivity contribution in [2.75, 3.05) is 11.9 Å². The summed E-state index contributed by atoms with van der Waals surface area (Å²) in [5.74, 6) is -3.41. The van der Waals surface area contributed by atoms with Gasteiger partial charge in [0.2, 0.25) is 5.91 Å². The van der Waals surface area contributed by atoms with E-state index in [0.29, 0.717) is 31.5 Å². The molecule has 0 radical (unpaired) electrons. The minimum absolute atomic E-state index is 0. The van der Waals surface area contributed by atoms with E-state index in [1.807, 2.05) is 0 Å². The number of hydrogen-bond acceptors (Lipinski definition) is 2. The van der Waals surface area contributed by atoms with Crippen LogP contribution in [0.4, 0.5) is 18.9 Å². The number of rotatable bonds is 3. The summed E-state index contributed by atoms with van der Waals surface area (Å²) >= 11 is 0. The molecule has 1 aliphatic carbocycles. The molecule has 26 heavy (non-hydrogen) atoms. The highest BCUT2D eigenvalue weighted by atomic mass is 35.5. The zero-order valence-electron chi connectivity index (χ0n) is 13.8. The van der Waals surface area contributed by atoms with Gasteiger partial charge in [-0.2, -0.15) is 0 Å². The van der Waals surface area contributed by atoms with Gasteiger partial charge in [-0.25, -0.2) is 13.2 Å². The second kappa shape index (κ2) is 7.29. The van der Waals surface area contributed by atoms with Crippen molar-refractivity contribution >= 4 is 24.0 Å². The van der Waals surface area contributed by atoms with Crippen molar-refractivity contribution in [1.82, 2.24) is 5.32 Å². The fourth-order valence-corrected chi connectivity index (χ4v) is 3.49. The monoisotopic (exact) mass is 382 g/mol. The van der Waals surface area contributed by atoms with Crippen LogP contribution < -0.4 is 10.6 Å². The molecule has 1 heterocycles. The maximum atomic E-state index is 14.6. The highest BCUT2D eigenvalue weighted by Crippen LogP contribution is 2.49. The number of benzene rings is 2. The standard InChI is InChI=1S/C19H17F3N2O.ClH/c20-15-3-1-2-12(17(15)21)13-8-14(13)19(25)24-16-5-4-10-9-23-7-6-11(10)18(16)22;/h1-5,13-14,23H,6-9H2,(H,24,25);1H. The Labute approximate surface area is 155 Å². The summed E-state index contributed by atoms with van der Waals surface area (Å²) in [6, 6.07) is 7.32. The van der Waals surface area contributed by atoms with E-state index >= 15 is 0 Å². The van der Waals surface area contributed by atoms with E-state index < -0.39 is 23.4 Å². The molecule has 138 valence electrons. The van der Waals surface area contributed by atoms with Gasteiger partial charge >= 0.3 is 0 Å². The molecule has 2 N–H and O–H groups in total. The van der Waals surface area contributed by atoms with Crippen molar-refractivity contribution < 1.29 is 18.0 Å². The van der Waals surface area contributed by atoms with Gasteiger partial charge in [-0.05, 0) is 54.1 Å². The molecule has 2 atom stereocenters. The predicted octanol–water partition coefficient (Wildman–Crippen LogP) is 3.91. The number of carbonyl (C=O) groups is 1. The third-order valence-corrected chi connectivity index (χ3v) is 4.97. The molecular formula is C19H18ClF3N2O. The zero-order valence-corrected chi connectivity index (χ0v) is 14.6. The van der Waals surface area contributed by atoms with Gasteiger partial charge in [0.15, 0.2) is 11.6 Å². The number of amides is 1. The Morgan fingerprint density at radius 3 is 2.73 bits per heavy atom. The molecule has 0 saturated heterocycles. The molecule has 1 fully saturated rings. The van der Waals surface area contributed by atoms with Crippen molar-refractivity contribution in [2.24, 2.45) is 5.92 Å². The van der Waals surface area contributed by atoms with Gasteiger partial charge in [0.1, 0.15) is 5.82 Å². The molecule has 0 bridgehead atoms. The molecule has 3 nitrogen and oxygen atoms in total. The first kappa shape index (κ1) is 18.7. The summed E-state index contributed by atoms with van der Waals surface area (Å²) in [4.78, 5) is 12.4. The van der Waals surface area contributed by atoms with Gasteiger partial charge in [-0.15, -0.1) is 12.4 Å². The SMILES string of the molecule is Cl.O=C(Nc1ccc2c(c1F)CCNC2)C1CC1c1cccc(F)c1F. The van der Waals surface area contributed by atoms with E-state index in [1.165, 1.54) is 12.1 Å². The lowest BCUT2D eigenvalue weighted by atomic mass is 9.99. The number of anilines is 1. The summed E-state index contributed by atoms with van der Waals surface area (Å²) in [5.41, 5.74) is 1.88. The Morgan fingerprint density at radius 2 is 1.92 bits per heavy atom. The molecule has 0 spiro atoms. The van der Waals surface area contributed by atoms with Crippen LogP contribution in [-0.4, -0.2) is 12.5 Å². The molecule has 7 heteroatoms. The van der Waals surface area contributed by atoms with Gasteiger partial charge in [0.05, 0.1) is 5.69 Å². The summed E-state index contributed by atoms with van der Waals surface area (Å²) < 4.78 is 41.7. The lowest BCUT2D eigenvalue weighted by Crippen LogP contribution is -2.25. The number of nitrogens with one attached hydrogen (secondary N) is 2. The van der Waals surface area contributed by atoms with Crippen LogP contribution in [0.25, 0.3) is 0 Å². The molecule has 2 aromatic rings. The fraction of sp³-hybridized carbons (Fsp3) is 0.316. The molecule has 2 unspecified atom stereocenters. The Hall–Kier alpha value is -2.05. The first-order valence-electron chi connectivity index (χ1n) is 8.32. The molecule has 2 aliphatic rings. The van der Waals surface area contributed by atoms with Gasteiger partial charge in [0, 0.05) is 12.5 Å². The normalized spacial score (nSPS) is 20.7. The minimum atomic E-state index is -0.919. The van der Waals surface area contributed by atoms with E-state index in [0.717, 1.165) is 11.6 Å². The molecule has 1 aliphatic heterocycles. The third kappa shape index (κ3) is 3.31. The molecule has 4 rings (SSSR count). The Balaban J connectivity index is 0.00000196. The molecular weight excluding hydrogens is 365 g/mol. The second-order valence-corrected chi connectivity index (χ2v) is 6.57. The number of carbonyl (C=O) groups excluding carboxylic acids is 1. The quantitative estimate of drug-likeness (QED) is 0.845. The average Bonchev–Trinajstić information content (AvgIpc) is 3.41. The maximum Gasteiger partial charge on any atom is 0.228 e. The maximum absolute atomic E-state index is 14.6. The zero-order chi connectivity index (χ0) is 17.6. The van der Waals surface area contributed by atoms with Crippen LogP contribution in [0, 0.1) is 23.4 Å². The fourth-order valence-electron chi connectivity index (χ4n) is 3.49. The Kier molecular flexibility index (Phi) is 5.25. The highest BCUT2D eigenvalue weighted by molar-refractivity contribution is 5.95. The van der Waals surface area contributed by atoms with Crippen LogP contribution in [0.5, 0.6) is 0 Å². The van der Waals surface area contributed by atoms with E-state index in [2.05, 4.69) is 10.6 Å². The van der Waals surface area contributed by atoms with E-state index in [9.17, 15) is 18.0 Å². The molecule has 1 saturated carbocycles. The van der Waals surface area contributed by atoms with E-state index in [-0.39, 0.29) is 35.5 Å². The van der Waals surface area contributed by atoms with Gasteiger partial charge in [-0.1, -0.05) is 18.2 Å². The van der Waals surface area contributed by atoms with Crippen molar-refractivity contribution in [3.63, 3.8) is 0 Å². The topological polar surface area (TPSA) is 41.1 Å². The van der Waals surface area contributed by atoms with Crippen molar-refractivity contribution in [1.29, 1.82) is 0 Å². The number of hydrogen-bond donors (Lipinski definition) is 2. The van der Waals surface area contributed by atoms with Crippen molar-refractivity contribution in [3.8, 4) is 0 Å². The Bertz CT molecular complexity index is 859. The van der Waals surface area contributed by atoms with Gasteiger partial charge < -0.3 is 10.6 Å². The largest absolute Gasteiger partial charge is 0.323 e. The van der Waals surface area contributed by atoms with E-state index in [4.69, 9.17) is 0 Å². The van der Waals surface area contributed by atoms with Crippen LogP contribution in [0.2, 0.25) is 0 Å². The van der Waals surface area contributed by atoms with Crippen LogP contribution in [0.1, 0.15) is 29.0 Å². The minimum Gasteiger partial charge on any atom is -0.323 e. The first-order chi connectivity index (χ1) is 12.1. The molecule has 1 amide bonds. The van der Waals surface area contributed by atoms with Crippen LogP contribution >= 0.6 is 12.4 Å². The van der Waals surface area contributed by atoms with Crippen molar-refractivity contribution in [3.05, 3.63) is 64.5 Å². The lowest BCUT2D eigenvalue weighted by Gasteiger charge is -2.19. The number of fused-ring (bicyclic) bond motifs is 1.